The van der Waals surface area contributed by atoms with E-state index in [-0.39, 0.29) is 0 Å². The Morgan fingerprint density at radius 3 is 2.76 bits per heavy atom. The van der Waals surface area contributed by atoms with Crippen molar-refractivity contribution in [2.24, 2.45) is 0 Å². The first-order valence-electron chi connectivity index (χ1n) is 7.49. The molecular formula is C17H26ClNO2. The van der Waals surface area contributed by atoms with E-state index in [2.05, 4.69) is 11.9 Å². The number of unbranched alkanes of at least 4 members (excludes halogenated alkanes) is 1. The smallest absolute Gasteiger partial charge is 0.122 e. The zero-order valence-electron chi connectivity index (χ0n) is 12.9. The molecule has 0 amide bonds. The molecule has 1 aromatic rings. The number of halogens is 1. The number of rotatable bonds is 12. The zero-order valence-corrected chi connectivity index (χ0v) is 13.6. The molecule has 1 rings (SSSR count). The van der Waals surface area contributed by atoms with Crippen molar-refractivity contribution in [1.82, 2.24) is 5.32 Å². The first-order chi connectivity index (χ1) is 10.3. The monoisotopic (exact) mass is 311 g/mol. The van der Waals surface area contributed by atoms with E-state index in [0.717, 1.165) is 68.3 Å². The molecule has 0 saturated carbocycles. The third-order valence-electron chi connectivity index (χ3n) is 3.09. The third kappa shape index (κ3) is 8.10. The molecule has 0 unspecified atom stereocenters. The minimum atomic E-state index is 0.728. The van der Waals surface area contributed by atoms with E-state index in [9.17, 15) is 0 Å². The maximum absolute atomic E-state index is 6.00. The van der Waals surface area contributed by atoms with Gasteiger partial charge in [0.1, 0.15) is 5.75 Å². The summed E-state index contributed by atoms with van der Waals surface area (Å²) in [5.41, 5.74) is 1.09. The minimum Gasteiger partial charge on any atom is -0.493 e. The molecule has 1 N–H and O–H groups in total. The van der Waals surface area contributed by atoms with Gasteiger partial charge in [0.05, 0.1) is 6.61 Å². The van der Waals surface area contributed by atoms with Crippen LogP contribution in [0.4, 0.5) is 0 Å². The topological polar surface area (TPSA) is 30.5 Å². The third-order valence-corrected chi connectivity index (χ3v) is 3.33. The highest BCUT2D eigenvalue weighted by atomic mass is 35.5. The molecule has 0 heterocycles. The zero-order chi connectivity index (χ0) is 15.3. The Kier molecular flexibility index (Phi) is 9.96. The second-order valence-electron chi connectivity index (χ2n) is 4.90. The van der Waals surface area contributed by atoms with Crippen LogP contribution in [0.5, 0.6) is 5.75 Å². The SMILES string of the molecule is C=CCc1cc(Cl)ccc1OCCCCNCCCOC. The number of hydrogen-bond donors (Lipinski definition) is 1. The van der Waals surface area contributed by atoms with Gasteiger partial charge in [-0.15, -0.1) is 6.58 Å². The summed E-state index contributed by atoms with van der Waals surface area (Å²) in [6.45, 7) is 7.34. The molecule has 0 aliphatic rings. The normalized spacial score (nSPS) is 10.6. The van der Waals surface area contributed by atoms with Crippen molar-refractivity contribution in [2.45, 2.75) is 25.7 Å². The second-order valence-corrected chi connectivity index (χ2v) is 5.33. The second kappa shape index (κ2) is 11.6. The summed E-state index contributed by atoms with van der Waals surface area (Å²) in [6.07, 6.45) is 5.84. The van der Waals surface area contributed by atoms with Crippen LogP contribution >= 0.6 is 11.6 Å². The standard InChI is InChI=1S/C17H26ClNO2/c1-3-7-15-14-16(18)8-9-17(15)21-13-5-4-10-19-11-6-12-20-2/h3,8-9,14,19H,1,4-7,10-13H2,2H3. The highest BCUT2D eigenvalue weighted by molar-refractivity contribution is 6.30. The number of methoxy groups -OCH3 is 1. The molecule has 4 heteroatoms. The predicted octanol–water partition coefficient (Wildman–Crippen LogP) is 3.85. The van der Waals surface area contributed by atoms with Gasteiger partial charge in [-0.05, 0) is 62.5 Å². The Morgan fingerprint density at radius 1 is 1.19 bits per heavy atom. The summed E-state index contributed by atoms with van der Waals surface area (Å²) in [5.74, 6) is 0.910. The Balaban J connectivity index is 2.16. The van der Waals surface area contributed by atoms with Gasteiger partial charge in [0, 0.05) is 18.7 Å². The summed E-state index contributed by atoms with van der Waals surface area (Å²) >= 11 is 6.00. The van der Waals surface area contributed by atoms with Crippen molar-refractivity contribution >= 4 is 11.6 Å². The summed E-state index contributed by atoms with van der Waals surface area (Å²) in [7, 11) is 1.73. The Hall–Kier alpha value is -1.03. The van der Waals surface area contributed by atoms with Gasteiger partial charge in [-0.1, -0.05) is 17.7 Å². The van der Waals surface area contributed by atoms with Crippen LogP contribution in [0.1, 0.15) is 24.8 Å². The molecule has 0 aromatic heterocycles. The van der Waals surface area contributed by atoms with Crippen molar-refractivity contribution in [3.63, 3.8) is 0 Å². The van der Waals surface area contributed by atoms with Crippen molar-refractivity contribution in [2.75, 3.05) is 33.4 Å². The Bertz CT molecular complexity index is 410. The number of hydrogen-bond acceptors (Lipinski definition) is 3. The van der Waals surface area contributed by atoms with Crippen molar-refractivity contribution in [1.29, 1.82) is 0 Å². The van der Waals surface area contributed by atoms with Crippen molar-refractivity contribution in [3.05, 3.63) is 41.4 Å². The summed E-state index contributed by atoms with van der Waals surface area (Å²) in [6, 6.07) is 5.74. The highest BCUT2D eigenvalue weighted by Crippen LogP contribution is 2.23. The molecule has 0 atom stereocenters. The van der Waals surface area contributed by atoms with Crippen LogP contribution in [0.15, 0.2) is 30.9 Å². The van der Waals surface area contributed by atoms with E-state index in [1.54, 1.807) is 7.11 Å². The molecule has 118 valence electrons. The average molecular weight is 312 g/mol. The van der Waals surface area contributed by atoms with E-state index in [0.29, 0.717) is 0 Å². The highest BCUT2D eigenvalue weighted by Gasteiger charge is 2.03. The Morgan fingerprint density at radius 2 is 2.00 bits per heavy atom. The van der Waals surface area contributed by atoms with Gasteiger partial charge in [-0.3, -0.25) is 0 Å². The van der Waals surface area contributed by atoms with Gasteiger partial charge >= 0.3 is 0 Å². The van der Waals surface area contributed by atoms with E-state index < -0.39 is 0 Å². The maximum atomic E-state index is 6.00. The maximum Gasteiger partial charge on any atom is 0.122 e. The van der Waals surface area contributed by atoms with Crippen LogP contribution in [-0.2, 0) is 11.2 Å². The molecule has 0 aliphatic heterocycles. The molecule has 3 nitrogen and oxygen atoms in total. The summed E-state index contributed by atoms with van der Waals surface area (Å²) in [5, 5.41) is 4.13. The van der Waals surface area contributed by atoms with Crippen LogP contribution in [0.25, 0.3) is 0 Å². The molecule has 0 bridgehead atoms. The molecule has 0 radical (unpaired) electrons. The quantitative estimate of drug-likeness (QED) is 0.470. The van der Waals surface area contributed by atoms with Crippen molar-refractivity contribution in [3.8, 4) is 5.75 Å². The van der Waals surface area contributed by atoms with Crippen molar-refractivity contribution < 1.29 is 9.47 Å². The molecule has 0 fully saturated rings. The van der Waals surface area contributed by atoms with E-state index in [1.807, 2.05) is 24.3 Å². The molecule has 21 heavy (non-hydrogen) atoms. The van der Waals surface area contributed by atoms with Crippen LogP contribution in [0.2, 0.25) is 5.02 Å². The average Bonchev–Trinajstić information content (AvgIpc) is 2.48. The van der Waals surface area contributed by atoms with Gasteiger partial charge in [-0.25, -0.2) is 0 Å². The van der Waals surface area contributed by atoms with E-state index >= 15 is 0 Å². The fourth-order valence-corrected chi connectivity index (χ4v) is 2.20. The number of nitrogens with one attached hydrogen (secondary N) is 1. The summed E-state index contributed by atoms with van der Waals surface area (Å²) < 4.78 is 10.8. The molecule has 0 saturated heterocycles. The predicted molar refractivity (Wildman–Crippen MR) is 89.4 cm³/mol. The van der Waals surface area contributed by atoms with E-state index in [4.69, 9.17) is 21.1 Å². The molecular weight excluding hydrogens is 286 g/mol. The van der Waals surface area contributed by atoms with Gasteiger partial charge < -0.3 is 14.8 Å². The van der Waals surface area contributed by atoms with Crippen LogP contribution < -0.4 is 10.1 Å². The lowest BCUT2D eigenvalue weighted by atomic mass is 10.1. The lowest BCUT2D eigenvalue weighted by molar-refractivity contribution is 0.194. The lowest BCUT2D eigenvalue weighted by Crippen LogP contribution is -2.18. The summed E-state index contributed by atoms with van der Waals surface area (Å²) in [4.78, 5) is 0. The fourth-order valence-electron chi connectivity index (χ4n) is 2.00. The Labute approximate surface area is 133 Å². The van der Waals surface area contributed by atoms with Gasteiger partial charge in [0.25, 0.3) is 0 Å². The molecule has 0 spiro atoms. The van der Waals surface area contributed by atoms with E-state index in [1.165, 1.54) is 0 Å². The molecule has 1 aromatic carbocycles. The largest absolute Gasteiger partial charge is 0.493 e. The van der Waals surface area contributed by atoms with Crippen LogP contribution in [0.3, 0.4) is 0 Å². The first-order valence-corrected chi connectivity index (χ1v) is 7.87. The number of ether oxygens (including phenoxy) is 2. The minimum absolute atomic E-state index is 0.728. The number of allylic oxidation sites excluding steroid dienone is 1. The first kappa shape index (κ1) is 18.0. The van der Waals surface area contributed by atoms with Crippen LogP contribution in [0, 0.1) is 0 Å². The fraction of sp³-hybridized carbons (Fsp3) is 0.529. The number of benzene rings is 1. The lowest BCUT2D eigenvalue weighted by Gasteiger charge is -2.11. The van der Waals surface area contributed by atoms with Crippen LogP contribution in [-0.4, -0.2) is 33.4 Å². The van der Waals surface area contributed by atoms with Gasteiger partial charge in [0.15, 0.2) is 0 Å². The van der Waals surface area contributed by atoms with Gasteiger partial charge in [-0.2, -0.15) is 0 Å². The van der Waals surface area contributed by atoms with Gasteiger partial charge in [0.2, 0.25) is 0 Å². The molecule has 0 aliphatic carbocycles.